The molecule has 2 amide bonds. The summed E-state index contributed by atoms with van der Waals surface area (Å²) in [5.41, 5.74) is 3.74. The number of H-pyrrole nitrogens is 1. The molecule has 126 valence electrons. The highest BCUT2D eigenvalue weighted by molar-refractivity contribution is 5.86. The molecule has 1 heterocycles. The lowest BCUT2D eigenvalue weighted by Crippen LogP contribution is -2.41. The molecule has 0 aliphatic heterocycles. The maximum atomic E-state index is 11.8. The Bertz CT molecular complexity index is 636. The van der Waals surface area contributed by atoms with E-state index in [-0.39, 0.29) is 18.7 Å². The van der Waals surface area contributed by atoms with E-state index in [2.05, 4.69) is 40.7 Å². The molecule has 4 N–H and O–H groups in total. The van der Waals surface area contributed by atoms with Crippen molar-refractivity contribution < 1.29 is 9.90 Å². The first kappa shape index (κ1) is 17.3. The van der Waals surface area contributed by atoms with E-state index < -0.39 is 0 Å². The summed E-state index contributed by atoms with van der Waals surface area (Å²) in [6.07, 6.45) is 5.32. The van der Waals surface area contributed by atoms with Gasteiger partial charge in [0.1, 0.15) is 0 Å². The molecule has 1 unspecified atom stereocenters. The third-order valence-corrected chi connectivity index (χ3v) is 4.12. The van der Waals surface area contributed by atoms with Crippen LogP contribution in [0, 0.1) is 0 Å². The van der Waals surface area contributed by atoms with Gasteiger partial charge in [-0.25, -0.2) is 4.79 Å². The summed E-state index contributed by atoms with van der Waals surface area (Å²) in [6, 6.07) is 6.27. The monoisotopic (exact) mass is 317 g/mol. The zero-order valence-corrected chi connectivity index (χ0v) is 14.0. The van der Waals surface area contributed by atoms with Gasteiger partial charge in [0, 0.05) is 36.3 Å². The second-order valence-electron chi connectivity index (χ2n) is 5.92. The molecule has 23 heavy (non-hydrogen) atoms. The van der Waals surface area contributed by atoms with E-state index in [4.69, 9.17) is 5.11 Å². The highest BCUT2D eigenvalue weighted by atomic mass is 16.3. The summed E-state index contributed by atoms with van der Waals surface area (Å²) in [5, 5.41) is 15.8. The molecule has 0 saturated carbocycles. The van der Waals surface area contributed by atoms with Gasteiger partial charge >= 0.3 is 6.03 Å². The second kappa shape index (κ2) is 8.58. The van der Waals surface area contributed by atoms with E-state index in [0.29, 0.717) is 13.0 Å². The average molecular weight is 317 g/mol. The zero-order valence-electron chi connectivity index (χ0n) is 14.0. The number of hydrogen-bond acceptors (Lipinski definition) is 2. The van der Waals surface area contributed by atoms with Crippen LogP contribution < -0.4 is 10.6 Å². The third kappa shape index (κ3) is 4.73. The van der Waals surface area contributed by atoms with Crippen LogP contribution in [0.15, 0.2) is 24.4 Å². The predicted molar refractivity (Wildman–Crippen MR) is 93.7 cm³/mol. The molecule has 0 aliphatic carbocycles. The average Bonchev–Trinajstić information content (AvgIpc) is 2.96. The van der Waals surface area contributed by atoms with Gasteiger partial charge in [0.25, 0.3) is 0 Å². The first-order valence-electron chi connectivity index (χ1n) is 8.38. The summed E-state index contributed by atoms with van der Waals surface area (Å²) in [6.45, 7) is 4.86. The number of carbonyl (C=O) groups excluding carboxylic acids is 1. The van der Waals surface area contributed by atoms with Crippen molar-refractivity contribution >= 4 is 16.9 Å². The number of para-hydroxylation sites is 1. The number of aromatic amines is 1. The molecule has 0 radical (unpaired) electrons. The fourth-order valence-electron chi connectivity index (χ4n) is 2.83. The minimum Gasteiger partial charge on any atom is -0.396 e. The number of carbonyl (C=O) groups is 1. The molecular formula is C18H27N3O2. The van der Waals surface area contributed by atoms with Crippen LogP contribution in [0.1, 0.15) is 37.8 Å². The maximum absolute atomic E-state index is 11.8. The van der Waals surface area contributed by atoms with E-state index in [1.807, 2.05) is 13.1 Å². The zero-order chi connectivity index (χ0) is 16.7. The Kier molecular flexibility index (Phi) is 6.47. The first-order valence-corrected chi connectivity index (χ1v) is 8.38. The fraction of sp³-hybridized carbons (Fsp3) is 0.500. The van der Waals surface area contributed by atoms with Crippen molar-refractivity contribution in [3.8, 4) is 0 Å². The smallest absolute Gasteiger partial charge is 0.315 e. The van der Waals surface area contributed by atoms with Crippen molar-refractivity contribution in [3.05, 3.63) is 35.5 Å². The van der Waals surface area contributed by atoms with Crippen molar-refractivity contribution in [3.63, 3.8) is 0 Å². The quantitative estimate of drug-likeness (QED) is 0.604. The van der Waals surface area contributed by atoms with Crippen LogP contribution in [0.25, 0.3) is 10.9 Å². The SMILES string of the molecule is CCc1cccc2c(CCNC(=O)NC(C)CCCO)c[nH]c12. The number of aryl methyl sites for hydroxylation is 1. The van der Waals surface area contributed by atoms with Crippen LogP contribution >= 0.6 is 0 Å². The highest BCUT2D eigenvalue weighted by Crippen LogP contribution is 2.22. The summed E-state index contributed by atoms with van der Waals surface area (Å²) in [7, 11) is 0. The summed E-state index contributed by atoms with van der Waals surface area (Å²) in [5.74, 6) is 0. The van der Waals surface area contributed by atoms with Crippen LogP contribution in [-0.2, 0) is 12.8 Å². The molecule has 0 spiro atoms. The Morgan fingerprint density at radius 1 is 1.35 bits per heavy atom. The van der Waals surface area contributed by atoms with E-state index in [0.717, 1.165) is 19.3 Å². The summed E-state index contributed by atoms with van der Waals surface area (Å²) in [4.78, 5) is 15.2. The van der Waals surface area contributed by atoms with Gasteiger partial charge in [0.05, 0.1) is 0 Å². The van der Waals surface area contributed by atoms with Crippen molar-refractivity contribution in [2.24, 2.45) is 0 Å². The highest BCUT2D eigenvalue weighted by Gasteiger charge is 2.08. The summed E-state index contributed by atoms with van der Waals surface area (Å²) < 4.78 is 0. The minimum atomic E-state index is -0.149. The van der Waals surface area contributed by atoms with Gasteiger partial charge < -0.3 is 20.7 Å². The lowest BCUT2D eigenvalue weighted by Gasteiger charge is -2.13. The maximum Gasteiger partial charge on any atom is 0.315 e. The molecule has 1 aromatic heterocycles. The molecule has 2 rings (SSSR count). The van der Waals surface area contributed by atoms with Crippen LogP contribution in [0.2, 0.25) is 0 Å². The molecule has 1 atom stereocenters. The Hall–Kier alpha value is -2.01. The Balaban J connectivity index is 1.84. The van der Waals surface area contributed by atoms with Gasteiger partial charge in [-0.2, -0.15) is 0 Å². The molecule has 1 aromatic carbocycles. The molecule has 5 heteroatoms. The Labute approximate surface area is 137 Å². The topological polar surface area (TPSA) is 77.2 Å². The Morgan fingerprint density at radius 3 is 2.91 bits per heavy atom. The van der Waals surface area contributed by atoms with E-state index in [9.17, 15) is 4.79 Å². The number of rotatable bonds is 8. The number of aliphatic hydroxyl groups is 1. The fourth-order valence-corrected chi connectivity index (χ4v) is 2.83. The van der Waals surface area contributed by atoms with E-state index in [1.165, 1.54) is 22.0 Å². The molecule has 0 fully saturated rings. The molecule has 0 aliphatic rings. The van der Waals surface area contributed by atoms with Gasteiger partial charge in [0.2, 0.25) is 0 Å². The van der Waals surface area contributed by atoms with Crippen molar-refractivity contribution in [2.75, 3.05) is 13.2 Å². The molecule has 2 aromatic rings. The van der Waals surface area contributed by atoms with Crippen molar-refractivity contribution in [2.45, 2.75) is 45.6 Å². The number of nitrogens with one attached hydrogen (secondary N) is 3. The van der Waals surface area contributed by atoms with Gasteiger partial charge in [-0.1, -0.05) is 25.1 Å². The third-order valence-electron chi connectivity index (χ3n) is 4.12. The van der Waals surface area contributed by atoms with Crippen molar-refractivity contribution in [1.82, 2.24) is 15.6 Å². The first-order chi connectivity index (χ1) is 11.2. The van der Waals surface area contributed by atoms with Gasteiger partial charge in [-0.15, -0.1) is 0 Å². The van der Waals surface area contributed by atoms with E-state index in [1.54, 1.807) is 0 Å². The van der Waals surface area contributed by atoms with Gasteiger partial charge in [-0.3, -0.25) is 0 Å². The number of benzene rings is 1. The van der Waals surface area contributed by atoms with Gasteiger partial charge in [-0.05, 0) is 43.7 Å². The predicted octanol–water partition coefficient (Wildman–Crippen LogP) is 2.73. The number of aromatic nitrogens is 1. The standard InChI is InChI=1S/C18H27N3O2/c1-3-14-7-4-8-16-15(12-20-17(14)16)9-10-19-18(23)21-13(2)6-5-11-22/h4,7-8,12-13,20,22H,3,5-6,9-11H2,1-2H3,(H2,19,21,23). The van der Waals surface area contributed by atoms with Crippen LogP contribution in [0.3, 0.4) is 0 Å². The molecule has 0 saturated heterocycles. The number of amides is 2. The van der Waals surface area contributed by atoms with Crippen molar-refractivity contribution in [1.29, 1.82) is 0 Å². The van der Waals surface area contributed by atoms with Crippen LogP contribution in [-0.4, -0.2) is 35.3 Å². The largest absolute Gasteiger partial charge is 0.396 e. The lowest BCUT2D eigenvalue weighted by atomic mass is 10.1. The number of urea groups is 1. The minimum absolute atomic E-state index is 0.0716. The number of aliphatic hydroxyl groups excluding tert-OH is 1. The molecule has 5 nitrogen and oxygen atoms in total. The number of hydrogen-bond donors (Lipinski definition) is 4. The normalized spacial score (nSPS) is 12.3. The summed E-state index contributed by atoms with van der Waals surface area (Å²) >= 11 is 0. The van der Waals surface area contributed by atoms with E-state index >= 15 is 0 Å². The van der Waals surface area contributed by atoms with Crippen LogP contribution in [0.4, 0.5) is 4.79 Å². The Morgan fingerprint density at radius 2 is 2.17 bits per heavy atom. The lowest BCUT2D eigenvalue weighted by molar-refractivity contribution is 0.234. The second-order valence-corrected chi connectivity index (χ2v) is 5.92. The van der Waals surface area contributed by atoms with Crippen LogP contribution in [0.5, 0.6) is 0 Å². The molecule has 0 bridgehead atoms. The molecular weight excluding hydrogens is 290 g/mol. The number of fused-ring (bicyclic) bond motifs is 1. The van der Waals surface area contributed by atoms with Gasteiger partial charge in [0.15, 0.2) is 0 Å².